The van der Waals surface area contributed by atoms with E-state index >= 15 is 0 Å². The summed E-state index contributed by atoms with van der Waals surface area (Å²) in [5.41, 5.74) is 1.47. The van der Waals surface area contributed by atoms with Crippen molar-refractivity contribution in [2.45, 2.75) is 37.8 Å². The summed E-state index contributed by atoms with van der Waals surface area (Å²) < 4.78 is 5.89. The zero-order valence-corrected chi connectivity index (χ0v) is 11.5. The van der Waals surface area contributed by atoms with Crippen molar-refractivity contribution in [3.8, 4) is 0 Å². The van der Waals surface area contributed by atoms with Crippen LogP contribution in [-0.2, 0) is 9.53 Å². The smallest absolute Gasteiger partial charge is 0.133 e. The number of hydrogen-bond acceptors (Lipinski definition) is 3. The molecule has 4 unspecified atom stereocenters. The standard InChI is InChI=1S/C15H17NO2.ClH/c17-12-4-3-10-8-11-2-1-5-16-6-7-18-15(14(11)16)13(10)9-12;/h1-2,5-7,10,13-15H,3-4,8-9H2;1H. The van der Waals surface area contributed by atoms with Crippen molar-refractivity contribution in [3.63, 3.8) is 0 Å². The van der Waals surface area contributed by atoms with Gasteiger partial charge >= 0.3 is 0 Å². The van der Waals surface area contributed by atoms with E-state index in [0.29, 0.717) is 30.1 Å². The van der Waals surface area contributed by atoms with Gasteiger partial charge in [-0.2, -0.15) is 0 Å². The van der Waals surface area contributed by atoms with Crippen molar-refractivity contribution >= 4 is 18.2 Å². The topological polar surface area (TPSA) is 29.5 Å². The fraction of sp³-hybridized carbons (Fsp3) is 0.533. The van der Waals surface area contributed by atoms with Crippen LogP contribution in [0.4, 0.5) is 0 Å². The predicted molar refractivity (Wildman–Crippen MR) is 74.6 cm³/mol. The van der Waals surface area contributed by atoms with Gasteiger partial charge in [0.05, 0.1) is 12.3 Å². The van der Waals surface area contributed by atoms with E-state index in [9.17, 15) is 4.79 Å². The molecule has 3 nitrogen and oxygen atoms in total. The van der Waals surface area contributed by atoms with E-state index in [1.165, 1.54) is 5.57 Å². The number of ether oxygens (including phenoxy) is 1. The Labute approximate surface area is 119 Å². The highest BCUT2D eigenvalue weighted by Crippen LogP contribution is 2.46. The normalized spacial score (nSPS) is 38.6. The first kappa shape index (κ1) is 12.8. The maximum Gasteiger partial charge on any atom is 0.133 e. The average Bonchev–Trinajstić information content (AvgIpc) is 2.40. The van der Waals surface area contributed by atoms with Crippen LogP contribution >= 0.6 is 12.4 Å². The summed E-state index contributed by atoms with van der Waals surface area (Å²) in [6, 6.07) is 0.326. The van der Waals surface area contributed by atoms with E-state index in [1.54, 1.807) is 6.26 Å². The Morgan fingerprint density at radius 3 is 3.05 bits per heavy atom. The third-order valence-corrected chi connectivity index (χ3v) is 4.83. The van der Waals surface area contributed by atoms with Crippen LogP contribution in [0.1, 0.15) is 25.7 Å². The number of Topliss-reactive ketones (excluding diaryl/α,β-unsaturated/α-hetero) is 1. The number of rotatable bonds is 0. The SMILES string of the molecule is Cl.O=C1CCC2CC3=CC=CN4C=COC(C2C1)C34. The number of halogens is 1. The van der Waals surface area contributed by atoms with Crippen molar-refractivity contribution in [1.29, 1.82) is 0 Å². The second-order valence-corrected chi connectivity index (χ2v) is 5.77. The van der Waals surface area contributed by atoms with E-state index in [4.69, 9.17) is 4.74 Å². The molecular formula is C15H18ClNO2. The summed E-state index contributed by atoms with van der Waals surface area (Å²) in [6.07, 6.45) is 14.1. The molecule has 4 heteroatoms. The van der Waals surface area contributed by atoms with Crippen LogP contribution in [0.25, 0.3) is 0 Å². The molecule has 19 heavy (non-hydrogen) atoms. The number of nitrogens with zero attached hydrogens (tertiary/aromatic N) is 1. The lowest BCUT2D eigenvalue weighted by atomic mass is 9.65. The van der Waals surface area contributed by atoms with Gasteiger partial charge in [-0.1, -0.05) is 6.08 Å². The van der Waals surface area contributed by atoms with Gasteiger partial charge in [0.2, 0.25) is 0 Å². The number of ketones is 1. The van der Waals surface area contributed by atoms with Crippen LogP contribution < -0.4 is 0 Å². The van der Waals surface area contributed by atoms with Gasteiger partial charge in [0.25, 0.3) is 0 Å². The molecule has 0 amide bonds. The number of carbonyl (C=O) groups is 1. The highest BCUT2D eigenvalue weighted by atomic mass is 35.5. The fourth-order valence-electron chi connectivity index (χ4n) is 4.00. The largest absolute Gasteiger partial charge is 0.494 e. The molecule has 4 rings (SSSR count). The Balaban J connectivity index is 0.00000110. The van der Waals surface area contributed by atoms with Crippen LogP contribution in [0.15, 0.2) is 36.4 Å². The van der Waals surface area contributed by atoms with Crippen molar-refractivity contribution in [2.24, 2.45) is 11.8 Å². The minimum atomic E-state index is 0. The van der Waals surface area contributed by atoms with Crippen molar-refractivity contribution < 1.29 is 9.53 Å². The molecule has 102 valence electrons. The minimum absolute atomic E-state index is 0. The lowest BCUT2D eigenvalue weighted by Crippen LogP contribution is -2.54. The average molecular weight is 280 g/mol. The first-order chi connectivity index (χ1) is 8.83. The summed E-state index contributed by atoms with van der Waals surface area (Å²) >= 11 is 0. The summed E-state index contributed by atoms with van der Waals surface area (Å²) in [5.74, 6) is 1.46. The maximum absolute atomic E-state index is 11.7. The second-order valence-electron chi connectivity index (χ2n) is 5.77. The molecular weight excluding hydrogens is 262 g/mol. The van der Waals surface area contributed by atoms with Gasteiger partial charge in [-0.25, -0.2) is 0 Å². The molecule has 0 radical (unpaired) electrons. The van der Waals surface area contributed by atoms with Crippen LogP contribution in [0.3, 0.4) is 0 Å². The van der Waals surface area contributed by atoms with Gasteiger partial charge in [-0.05, 0) is 30.4 Å². The lowest BCUT2D eigenvalue weighted by molar-refractivity contribution is -0.127. The molecule has 4 atom stereocenters. The number of fused-ring (bicyclic) bond motifs is 2. The Hall–Kier alpha value is -1.22. The molecule has 0 spiro atoms. The molecule has 2 aliphatic carbocycles. The summed E-state index contributed by atoms with van der Waals surface area (Å²) in [4.78, 5) is 14.0. The summed E-state index contributed by atoms with van der Waals surface area (Å²) in [5, 5.41) is 0. The quantitative estimate of drug-likeness (QED) is 0.683. The monoisotopic (exact) mass is 279 g/mol. The molecule has 0 aromatic carbocycles. The van der Waals surface area contributed by atoms with E-state index in [-0.39, 0.29) is 18.5 Å². The van der Waals surface area contributed by atoms with Crippen LogP contribution in [0, 0.1) is 11.8 Å². The van der Waals surface area contributed by atoms with Crippen LogP contribution in [0.5, 0.6) is 0 Å². The number of hydrogen-bond donors (Lipinski definition) is 0. The van der Waals surface area contributed by atoms with Crippen LogP contribution in [0.2, 0.25) is 0 Å². The zero-order chi connectivity index (χ0) is 12.1. The lowest BCUT2D eigenvalue weighted by Gasteiger charge is -2.50. The maximum atomic E-state index is 11.7. The molecule has 2 fully saturated rings. The van der Waals surface area contributed by atoms with Crippen molar-refractivity contribution in [2.75, 3.05) is 0 Å². The molecule has 2 aliphatic heterocycles. The van der Waals surface area contributed by atoms with Gasteiger partial charge in [-0.15, -0.1) is 12.4 Å². The Kier molecular flexibility index (Phi) is 3.17. The van der Waals surface area contributed by atoms with E-state index in [2.05, 4.69) is 23.3 Å². The summed E-state index contributed by atoms with van der Waals surface area (Å²) in [6.45, 7) is 0. The molecule has 0 N–H and O–H groups in total. The second kappa shape index (κ2) is 4.71. The van der Waals surface area contributed by atoms with Gasteiger partial charge in [0.15, 0.2) is 0 Å². The highest BCUT2D eigenvalue weighted by molar-refractivity contribution is 5.85. The molecule has 2 saturated carbocycles. The third-order valence-electron chi connectivity index (χ3n) is 4.83. The van der Waals surface area contributed by atoms with Crippen molar-refractivity contribution in [1.82, 2.24) is 4.90 Å². The van der Waals surface area contributed by atoms with E-state index in [1.807, 2.05) is 6.20 Å². The third kappa shape index (κ3) is 1.91. The highest BCUT2D eigenvalue weighted by Gasteiger charge is 2.48. The number of allylic oxidation sites excluding steroid dienone is 2. The molecule has 4 aliphatic rings. The molecule has 0 aromatic heterocycles. The first-order valence-electron chi connectivity index (χ1n) is 6.81. The Morgan fingerprint density at radius 1 is 1.26 bits per heavy atom. The predicted octanol–water partition coefficient (Wildman–Crippen LogP) is 2.79. The van der Waals surface area contributed by atoms with E-state index in [0.717, 1.165) is 19.3 Å². The zero-order valence-electron chi connectivity index (χ0n) is 10.7. The molecule has 0 aromatic rings. The minimum Gasteiger partial charge on any atom is -0.494 e. The van der Waals surface area contributed by atoms with Gasteiger partial charge in [0.1, 0.15) is 11.9 Å². The van der Waals surface area contributed by atoms with Gasteiger partial charge < -0.3 is 9.64 Å². The summed E-state index contributed by atoms with van der Waals surface area (Å²) in [7, 11) is 0. The first-order valence-corrected chi connectivity index (χ1v) is 6.81. The fourth-order valence-corrected chi connectivity index (χ4v) is 4.00. The Bertz CT molecular complexity index is 483. The van der Waals surface area contributed by atoms with Crippen molar-refractivity contribution in [3.05, 3.63) is 36.4 Å². The molecule has 2 heterocycles. The van der Waals surface area contributed by atoms with Gasteiger partial charge in [-0.3, -0.25) is 4.79 Å². The Morgan fingerprint density at radius 2 is 2.16 bits per heavy atom. The van der Waals surface area contributed by atoms with Gasteiger partial charge in [0, 0.05) is 31.2 Å². The molecule has 0 saturated heterocycles. The van der Waals surface area contributed by atoms with Crippen LogP contribution in [-0.4, -0.2) is 22.8 Å². The molecule has 0 bridgehead atoms. The number of carbonyl (C=O) groups excluding carboxylic acids is 1. The van der Waals surface area contributed by atoms with E-state index < -0.39 is 0 Å².